The maximum absolute atomic E-state index is 12.1. The number of hydrogen-bond donors (Lipinski definition) is 2. The molecule has 1 aromatic carbocycles. The molecule has 0 radical (unpaired) electrons. The minimum atomic E-state index is -0.225. The highest BCUT2D eigenvalue weighted by atomic mass is 35.5. The fourth-order valence-electron chi connectivity index (χ4n) is 1.84. The Balaban J connectivity index is 1.92. The van der Waals surface area contributed by atoms with E-state index < -0.39 is 0 Å². The number of carbonyl (C=O) groups excluding carboxylic acids is 1. The molecule has 0 bridgehead atoms. The molecule has 2 aromatic rings. The molecule has 1 aromatic heterocycles. The van der Waals surface area contributed by atoms with E-state index in [1.807, 2.05) is 0 Å². The van der Waals surface area contributed by atoms with Gasteiger partial charge in [0, 0.05) is 16.7 Å². The summed E-state index contributed by atoms with van der Waals surface area (Å²) in [5.74, 6) is 0.681. The predicted octanol–water partition coefficient (Wildman–Crippen LogP) is 3.31. The van der Waals surface area contributed by atoms with Crippen molar-refractivity contribution >= 4 is 56.9 Å². The summed E-state index contributed by atoms with van der Waals surface area (Å²) in [7, 11) is 0. The third-order valence-corrected chi connectivity index (χ3v) is 4.45. The Bertz CT molecular complexity index is 696. The van der Waals surface area contributed by atoms with Crippen LogP contribution >= 0.6 is 35.0 Å². The van der Waals surface area contributed by atoms with E-state index >= 15 is 0 Å². The number of aromatic amines is 1. The first-order valence-corrected chi connectivity index (χ1v) is 7.34. The van der Waals surface area contributed by atoms with Gasteiger partial charge >= 0.3 is 0 Å². The van der Waals surface area contributed by atoms with E-state index in [4.69, 9.17) is 23.2 Å². The van der Waals surface area contributed by atoms with Crippen molar-refractivity contribution < 1.29 is 4.79 Å². The van der Waals surface area contributed by atoms with Crippen molar-refractivity contribution in [1.29, 1.82) is 0 Å². The van der Waals surface area contributed by atoms with Gasteiger partial charge in [0.2, 0.25) is 0 Å². The number of hydrogen-bond acceptors (Lipinski definition) is 3. The van der Waals surface area contributed by atoms with E-state index in [1.165, 1.54) is 11.8 Å². The molecule has 0 atom stereocenters. The Labute approximate surface area is 123 Å². The molecule has 0 saturated heterocycles. The number of nitrogens with one attached hydrogen (secondary N) is 2. The molecule has 0 unspecified atom stereocenters. The van der Waals surface area contributed by atoms with Gasteiger partial charge in [0.25, 0.3) is 5.91 Å². The lowest BCUT2D eigenvalue weighted by Crippen LogP contribution is -2.27. The van der Waals surface area contributed by atoms with Gasteiger partial charge in [-0.1, -0.05) is 35.0 Å². The zero-order valence-electron chi connectivity index (χ0n) is 9.67. The fourth-order valence-corrected chi connectivity index (χ4v) is 2.95. The Kier molecular flexibility index (Phi) is 3.43. The van der Waals surface area contributed by atoms with E-state index in [0.29, 0.717) is 20.9 Å². The van der Waals surface area contributed by atoms with Crippen LogP contribution in [0.2, 0.25) is 10.0 Å². The molecule has 2 N–H and O–H groups in total. The van der Waals surface area contributed by atoms with Crippen LogP contribution in [0, 0.1) is 0 Å². The van der Waals surface area contributed by atoms with E-state index in [1.54, 1.807) is 18.2 Å². The topological polar surface area (TPSA) is 57.2 Å². The molecule has 0 spiro atoms. The third kappa shape index (κ3) is 2.45. The summed E-state index contributed by atoms with van der Waals surface area (Å²) < 4.78 is 0. The van der Waals surface area contributed by atoms with Crippen LogP contribution in [0.5, 0.6) is 0 Å². The second kappa shape index (κ2) is 5.07. The van der Waals surface area contributed by atoms with E-state index in [0.717, 1.165) is 23.2 Å². The summed E-state index contributed by atoms with van der Waals surface area (Å²) in [4.78, 5) is 19.2. The second-order valence-electron chi connectivity index (χ2n) is 4.00. The molecule has 19 heavy (non-hydrogen) atoms. The standard InChI is InChI=1S/C12H9Cl2N3OS/c13-7-1-2-8-6(10(7)14)5-9(16-8)11(18)17-12-15-3-4-19-12/h1-2,5,16H,3-4H2,(H,15,17,18). The molecule has 7 heteroatoms. The fraction of sp³-hybridized carbons (Fsp3) is 0.167. The predicted molar refractivity (Wildman–Crippen MR) is 80.5 cm³/mol. The van der Waals surface area contributed by atoms with Crippen LogP contribution < -0.4 is 5.32 Å². The average molecular weight is 314 g/mol. The molecule has 2 heterocycles. The number of H-pyrrole nitrogens is 1. The number of aromatic nitrogens is 1. The Hall–Kier alpha value is -1.17. The van der Waals surface area contributed by atoms with Crippen LogP contribution in [-0.4, -0.2) is 28.4 Å². The first kappa shape index (κ1) is 12.8. The van der Waals surface area contributed by atoms with Gasteiger partial charge in [-0.25, -0.2) is 0 Å². The molecule has 1 aliphatic rings. The van der Waals surface area contributed by atoms with E-state index in [9.17, 15) is 4.79 Å². The summed E-state index contributed by atoms with van der Waals surface area (Å²) in [5, 5.41) is 5.07. The molecule has 0 fully saturated rings. The van der Waals surface area contributed by atoms with Crippen molar-refractivity contribution in [2.45, 2.75) is 0 Å². The van der Waals surface area contributed by atoms with Gasteiger partial charge in [0.05, 0.1) is 16.6 Å². The highest BCUT2D eigenvalue weighted by Gasteiger charge is 2.16. The molecule has 0 saturated carbocycles. The Morgan fingerprint density at radius 3 is 3.00 bits per heavy atom. The molecule has 1 amide bonds. The van der Waals surface area contributed by atoms with Gasteiger partial charge in [0.1, 0.15) is 5.69 Å². The number of nitrogens with zero attached hydrogens (tertiary/aromatic N) is 1. The minimum absolute atomic E-state index is 0.225. The molecule has 1 aliphatic heterocycles. The lowest BCUT2D eigenvalue weighted by atomic mass is 10.2. The van der Waals surface area contributed by atoms with Crippen LogP contribution in [-0.2, 0) is 0 Å². The zero-order valence-corrected chi connectivity index (χ0v) is 12.0. The van der Waals surface area contributed by atoms with Gasteiger partial charge in [0.15, 0.2) is 5.17 Å². The lowest BCUT2D eigenvalue weighted by Gasteiger charge is -2.00. The maximum atomic E-state index is 12.1. The number of fused-ring (bicyclic) bond motifs is 1. The molecular formula is C12H9Cl2N3OS. The molecular weight excluding hydrogens is 305 g/mol. The smallest absolute Gasteiger partial charge is 0.273 e. The number of thioether (sulfide) groups is 1. The van der Waals surface area contributed by atoms with Crippen molar-refractivity contribution in [3.63, 3.8) is 0 Å². The van der Waals surface area contributed by atoms with Gasteiger partial charge < -0.3 is 10.3 Å². The van der Waals surface area contributed by atoms with Gasteiger partial charge in [-0.3, -0.25) is 9.79 Å². The number of amides is 1. The third-order valence-electron chi connectivity index (χ3n) is 2.74. The summed E-state index contributed by atoms with van der Waals surface area (Å²) >= 11 is 13.6. The van der Waals surface area contributed by atoms with Crippen molar-refractivity contribution in [2.75, 3.05) is 12.3 Å². The molecule has 4 nitrogen and oxygen atoms in total. The van der Waals surface area contributed by atoms with E-state index in [-0.39, 0.29) is 5.91 Å². The number of amidine groups is 1. The van der Waals surface area contributed by atoms with Crippen LogP contribution in [0.1, 0.15) is 10.5 Å². The van der Waals surface area contributed by atoms with Crippen LogP contribution in [0.3, 0.4) is 0 Å². The minimum Gasteiger partial charge on any atom is -0.350 e. The van der Waals surface area contributed by atoms with Crippen molar-refractivity contribution in [3.05, 3.63) is 33.9 Å². The largest absolute Gasteiger partial charge is 0.350 e. The lowest BCUT2D eigenvalue weighted by molar-refractivity contribution is 0.0974. The van der Waals surface area contributed by atoms with Gasteiger partial charge in [-0.05, 0) is 18.2 Å². The summed E-state index contributed by atoms with van der Waals surface area (Å²) in [6.45, 7) is 0.744. The number of benzene rings is 1. The van der Waals surface area contributed by atoms with Crippen LogP contribution in [0.25, 0.3) is 10.9 Å². The summed E-state index contributed by atoms with van der Waals surface area (Å²) in [6, 6.07) is 5.18. The van der Waals surface area contributed by atoms with Gasteiger partial charge in [-0.2, -0.15) is 0 Å². The van der Waals surface area contributed by atoms with Crippen molar-refractivity contribution in [1.82, 2.24) is 10.3 Å². The summed E-state index contributed by atoms with van der Waals surface area (Å²) in [5.41, 5.74) is 1.22. The van der Waals surface area contributed by atoms with Crippen molar-refractivity contribution in [2.24, 2.45) is 4.99 Å². The number of carbonyl (C=O) groups is 1. The monoisotopic (exact) mass is 313 g/mol. The SMILES string of the molecule is O=C(NC1=NCCS1)c1cc2c(Cl)c(Cl)ccc2[nH]1. The number of halogens is 2. The summed E-state index contributed by atoms with van der Waals surface area (Å²) in [6.07, 6.45) is 0. The number of aliphatic imine (C=N–C) groups is 1. The first-order valence-electron chi connectivity index (χ1n) is 5.60. The van der Waals surface area contributed by atoms with Crippen LogP contribution in [0.4, 0.5) is 0 Å². The van der Waals surface area contributed by atoms with E-state index in [2.05, 4.69) is 15.3 Å². The molecule has 3 rings (SSSR count). The highest BCUT2D eigenvalue weighted by Crippen LogP contribution is 2.31. The maximum Gasteiger partial charge on any atom is 0.273 e. The second-order valence-corrected chi connectivity index (χ2v) is 5.86. The molecule has 0 aliphatic carbocycles. The normalized spacial score (nSPS) is 14.7. The van der Waals surface area contributed by atoms with Crippen molar-refractivity contribution in [3.8, 4) is 0 Å². The Morgan fingerprint density at radius 2 is 2.26 bits per heavy atom. The first-order chi connectivity index (χ1) is 9.15. The van der Waals surface area contributed by atoms with Crippen LogP contribution in [0.15, 0.2) is 23.2 Å². The highest BCUT2D eigenvalue weighted by molar-refractivity contribution is 8.14. The van der Waals surface area contributed by atoms with Gasteiger partial charge in [-0.15, -0.1) is 0 Å². The average Bonchev–Trinajstić information content (AvgIpc) is 3.02. The zero-order chi connectivity index (χ0) is 13.4. The quantitative estimate of drug-likeness (QED) is 0.848. The molecule has 98 valence electrons. The Morgan fingerprint density at radius 1 is 1.42 bits per heavy atom. The number of rotatable bonds is 1.